The van der Waals surface area contributed by atoms with Gasteiger partial charge in [0.15, 0.2) is 5.65 Å². The highest BCUT2D eigenvalue weighted by atomic mass is 19.4. The van der Waals surface area contributed by atoms with E-state index in [-0.39, 0.29) is 22.5 Å². The van der Waals surface area contributed by atoms with Crippen molar-refractivity contribution in [2.75, 3.05) is 5.32 Å². The second-order valence-corrected chi connectivity index (χ2v) is 5.11. The van der Waals surface area contributed by atoms with E-state index in [1.165, 1.54) is 12.3 Å². The number of nitrogens with one attached hydrogen (secondary N) is 2. The molecule has 0 unspecified atom stereocenters. The number of halogens is 3. The average molecular weight is 336 g/mol. The lowest BCUT2D eigenvalue weighted by molar-refractivity contribution is -0.137. The SMILES string of the molecule is Cc1cc(=O)n2[nH]cc(C(=O)Nc3ccc(C(F)(F)F)cc3)c2n1. The molecule has 1 amide bonds. The Bertz CT molecular complexity index is 971. The molecule has 2 heterocycles. The van der Waals surface area contributed by atoms with Crippen LogP contribution >= 0.6 is 0 Å². The fourth-order valence-corrected chi connectivity index (χ4v) is 2.20. The number of H-pyrrole nitrogens is 1. The first-order valence-electron chi connectivity index (χ1n) is 6.82. The van der Waals surface area contributed by atoms with Crippen molar-refractivity contribution in [2.45, 2.75) is 13.1 Å². The fourth-order valence-electron chi connectivity index (χ4n) is 2.20. The van der Waals surface area contributed by atoms with E-state index < -0.39 is 17.6 Å². The van der Waals surface area contributed by atoms with Crippen LogP contribution in [0.1, 0.15) is 21.6 Å². The van der Waals surface area contributed by atoms with Gasteiger partial charge in [-0.3, -0.25) is 14.7 Å². The van der Waals surface area contributed by atoms with Crippen LogP contribution in [0.5, 0.6) is 0 Å². The number of rotatable bonds is 2. The molecule has 0 fully saturated rings. The topological polar surface area (TPSA) is 79.3 Å². The van der Waals surface area contributed by atoms with E-state index in [1.54, 1.807) is 6.92 Å². The Labute approximate surface area is 132 Å². The molecule has 6 nitrogen and oxygen atoms in total. The number of hydrogen-bond donors (Lipinski definition) is 2. The summed E-state index contributed by atoms with van der Waals surface area (Å²) in [4.78, 5) is 28.2. The Morgan fingerprint density at radius 1 is 1.25 bits per heavy atom. The van der Waals surface area contributed by atoms with E-state index >= 15 is 0 Å². The molecule has 0 spiro atoms. The van der Waals surface area contributed by atoms with E-state index in [2.05, 4.69) is 15.4 Å². The van der Waals surface area contributed by atoms with E-state index in [0.29, 0.717) is 5.69 Å². The smallest absolute Gasteiger partial charge is 0.322 e. The van der Waals surface area contributed by atoms with Crippen molar-refractivity contribution in [2.24, 2.45) is 0 Å². The standard InChI is InChI=1S/C15H11F3N4O2/c1-8-6-12(23)22-13(20-8)11(7-19-22)14(24)21-10-4-2-9(3-5-10)15(16,17)18/h2-7,19H,1H3,(H,21,24). The summed E-state index contributed by atoms with van der Waals surface area (Å²) in [7, 11) is 0. The molecule has 0 saturated heterocycles. The number of nitrogens with zero attached hydrogens (tertiary/aromatic N) is 2. The van der Waals surface area contributed by atoms with Crippen LogP contribution < -0.4 is 10.9 Å². The number of aromatic nitrogens is 3. The lowest BCUT2D eigenvalue weighted by Crippen LogP contribution is -2.17. The highest BCUT2D eigenvalue weighted by Crippen LogP contribution is 2.29. The maximum atomic E-state index is 12.5. The average Bonchev–Trinajstić information content (AvgIpc) is 2.91. The van der Waals surface area contributed by atoms with Crippen molar-refractivity contribution in [1.82, 2.24) is 14.6 Å². The molecule has 0 radical (unpaired) electrons. The van der Waals surface area contributed by atoms with Crippen LogP contribution in [-0.2, 0) is 6.18 Å². The molecule has 3 aromatic rings. The van der Waals surface area contributed by atoms with Gasteiger partial charge in [0.05, 0.1) is 5.56 Å². The first kappa shape index (κ1) is 15.8. The minimum atomic E-state index is -4.44. The number of alkyl halides is 3. The van der Waals surface area contributed by atoms with Gasteiger partial charge in [0.1, 0.15) is 5.56 Å². The van der Waals surface area contributed by atoms with Gasteiger partial charge in [0.25, 0.3) is 11.5 Å². The van der Waals surface area contributed by atoms with Gasteiger partial charge in [0.2, 0.25) is 0 Å². The summed E-state index contributed by atoms with van der Waals surface area (Å²) < 4.78 is 38.7. The van der Waals surface area contributed by atoms with Crippen molar-refractivity contribution in [3.8, 4) is 0 Å². The number of aromatic amines is 1. The Morgan fingerprint density at radius 3 is 2.54 bits per heavy atom. The van der Waals surface area contributed by atoms with Crippen molar-refractivity contribution in [1.29, 1.82) is 0 Å². The predicted octanol–water partition coefficient (Wildman–Crippen LogP) is 2.60. The Kier molecular flexibility index (Phi) is 3.63. The second kappa shape index (κ2) is 5.52. The summed E-state index contributed by atoms with van der Waals surface area (Å²) in [6.45, 7) is 1.62. The molecule has 2 N–H and O–H groups in total. The normalized spacial score (nSPS) is 11.7. The lowest BCUT2D eigenvalue weighted by atomic mass is 10.2. The summed E-state index contributed by atoms with van der Waals surface area (Å²) in [5.41, 5.74) is -0.284. The molecule has 1 aromatic carbocycles. The Hall–Kier alpha value is -3.10. The van der Waals surface area contributed by atoms with Crippen molar-refractivity contribution < 1.29 is 18.0 Å². The monoisotopic (exact) mass is 336 g/mol. The number of fused-ring (bicyclic) bond motifs is 1. The minimum Gasteiger partial charge on any atom is -0.322 e. The number of aryl methyl sites for hydroxylation is 1. The highest BCUT2D eigenvalue weighted by molar-refractivity contribution is 6.08. The number of hydrogen-bond acceptors (Lipinski definition) is 3. The number of anilines is 1. The highest BCUT2D eigenvalue weighted by Gasteiger charge is 2.30. The van der Waals surface area contributed by atoms with Crippen LogP contribution in [0.2, 0.25) is 0 Å². The second-order valence-electron chi connectivity index (χ2n) is 5.11. The zero-order valence-corrected chi connectivity index (χ0v) is 12.3. The van der Waals surface area contributed by atoms with E-state index in [0.717, 1.165) is 28.8 Å². The third-order valence-corrected chi connectivity index (χ3v) is 3.34. The minimum absolute atomic E-state index is 0.107. The van der Waals surface area contributed by atoms with Gasteiger partial charge in [-0.05, 0) is 31.2 Å². The molecule has 0 aliphatic rings. The van der Waals surface area contributed by atoms with E-state index in [1.807, 2.05) is 0 Å². The van der Waals surface area contributed by atoms with Gasteiger partial charge in [-0.15, -0.1) is 0 Å². The lowest BCUT2D eigenvalue weighted by Gasteiger charge is -2.08. The van der Waals surface area contributed by atoms with E-state index in [4.69, 9.17) is 0 Å². The van der Waals surface area contributed by atoms with Crippen LogP contribution in [0.3, 0.4) is 0 Å². The summed E-state index contributed by atoms with van der Waals surface area (Å²) in [5, 5.41) is 5.08. The first-order chi connectivity index (χ1) is 11.3. The van der Waals surface area contributed by atoms with Gasteiger partial charge < -0.3 is 5.32 Å². The molecule has 2 aromatic heterocycles. The maximum absolute atomic E-state index is 12.5. The molecule has 3 rings (SSSR count). The van der Waals surface area contributed by atoms with Crippen LogP contribution in [0.25, 0.3) is 5.65 Å². The van der Waals surface area contributed by atoms with Crippen molar-refractivity contribution >= 4 is 17.2 Å². The van der Waals surface area contributed by atoms with Gasteiger partial charge in [-0.1, -0.05) is 0 Å². The predicted molar refractivity (Wildman–Crippen MR) is 79.9 cm³/mol. The van der Waals surface area contributed by atoms with Crippen LogP contribution in [-0.4, -0.2) is 20.5 Å². The Balaban J connectivity index is 1.89. The zero-order chi connectivity index (χ0) is 17.5. The number of benzene rings is 1. The largest absolute Gasteiger partial charge is 0.416 e. The van der Waals surface area contributed by atoms with Gasteiger partial charge >= 0.3 is 6.18 Å². The Morgan fingerprint density at radius 2 is 1.92 bits per heavy atom. The van der Waals surface area contributed by atoms with Crippen molar-refractivity contribution in [3.05, 3.63) is 63.7 Å². The van der Waals surface area contributed by atoms with Crippen LogP contribution in [0.15, 0.2) is 41.3 Å². The molecule has 0 aliphatic carbocycles. The van der Waals surface area contributed by atoms with Crippen LogP contribution in [0.4, 0.5) is 18.9 Å². The van der Waals surface area contributed by atoms with Crippen molar-refractivity contribution in [3.63, 3.8) is 0 Å². The molecule has 24 heavy (non-hydrogen) atoms. The summed E-state index contributed by atoms with van der Waals surface area (Å²) in [5.74, 6) is -0.592. The summed E-state index contributed by atoms with van der Waals surface area (Å²) in [6.07, 6.45) is -3.13. The molecular weight excluding hydrogens is 325 g/mol. The summed E-state index contributed by atoms with van der Waals surface area (Å²) in [6, 6.07) is 5.36. The number of carbonyl (C=O) groups excluding carboxylic acids is 1. The molecule has 0 saturated carbocycles. The third-order valence-electron chi connectivity index (χ3n) is 3.34. The molecule has 124 valence electrons. The maximum Gasteiger partial charge on any atom is 0.416 e. The molecule has 0 bridgehead atoms. The first-order valence-corrected chi connectivity index (χ1v) is 6.82. The quantitative estimate of drug-likeness (QED) is 0.755. The molecule has 9 heteroatoms. The third kappa shape index (κ3) is 2.87. The molecule has 0 aliphatic heterocycles. The van der Waals surface area contributed by atoms with Crippen LogP contribution in [0, 0.1) is 6.92 Å². The molecule has 0 atom stereocenters. The molecular formula is C15H11F3N4O2. The zero-order valence-electron chi connectivity index (χ0n) is 12.3. The number of carbonyl (C=O) groups is 1. The van der Waals surface area contributed by atoms with Gasteiger partial charge in [-0.25, -0.2) is 9.50 Å². The van der Waals surface area contributed by atoms with E-state index in [9.17, 15) is 22.8 Å². The van der Waals surface area contributed by atoms with Gasteiger partial charge in [-0.2, -0.15) is 13.2 Å². The number of amides is 1. The van der Waals surface area contributed by atoms with Gasteiger partial charge in [0, 0.05) is 23.6 Å². The fraction of sp³-hybridized carbons (Fsp3) is 0.133. The summed E-state index contributed by atoms with van der Waals surface area (Å²) >= 11 is 0.